The number of carbonyl (C=O) groups excluding carboxylic acids is 2. The molecule has 0 saturated heterocycles. The van der Waals surface area contributed by atoms with E-state index in [1.165, 1.54) is 12.1 Å². The SMILES string of the molecule is CC#Cc1cccc(CNC[C@@H](O)[C@H](Cc2cc(F)cc(F)c2)N(CCC)C(=O)c2cc(C)cc(C(=O)NCCC)c2)c1. The maximum Gasteiger partial charge on any atom is 0.254 e. The van der Waals surface area contributed by atoms with Gasteiger partial charge in [0, 0.05) is 48.9 Å². The van der Waals surface area contributed by atoms with E-state index in [4.69, 9.17) is 0 Å². The van der Waals surface area contributed by atoms with Crippen LogP contribution in [0.5, 0.6) is 0 Å². The summed E-state index contributed by atoms with van der Waals surface area (Å²) in [5.41, 5.74) is 3.60. The van der Waals surface area contributed by atoms with Gasteiger partial charge < -0.3 is 20.6 Å². The lowest BCUT2D eigenvalue weighted by Crippen LogP contribution is -2.51. The molecule has 3 aromatic carbocycles. The summed E-state index contributed by atoms with van der Waals surface area (Å²) in [6.45, 7) is 8.83. The van der Waals surface area contributed by atoms with Gasteiger partial charge in [-0.3, -0.25) is 9.59 Å². The largest absolute Gasteiger partial charge is 0.390 e. The van der Waals surface area contributed by atoms with Gasteiger partial charge >= 0.3 is 0 Å². The number of rotatable bonds is 14. The Morgan fingerprint density at radius 1 is 0.953 bits per heavy atom. The van der Waals surface area contributed by atoms with Crippen molar-refractivity contribution in [2.75, 3.05) is 19.6 Å². The molecular weight excluding hydrogens is 548 g/mol. The molecule has 0 radical (unpaired) electrons. The Morgan fingerprint density at radius 3 is 2.35 bits per heavy atom. The summed E-state index contributed by atoms with van der Waals surface area (Å²) in [6, 6.07) is 15.1. The first kappa shape index (κ1) is 33.4. The number of aliphatic hydroxyl groups is 1. The fourth-order valence-electron chi connectivity index (χ4n) is 5.03. The predicted octanol–water partition coefficient (Wildman–Crippen LogP) is 5.40. The third-order valence-electron chi connectivity index (χ3n) is 6.94. The minimum Gasteiger partial charge on any atom is -0.390 e. The van der Waals surface area contributed by atoms with Crippen molar-refractivity contribution in [2.45, 2.75) is 65.6 Å². The van der Waals surface area contributed by atoms with Crippen molar-refractivity contribution in [3.8, 4) is 11.8 Å². The Bertz CT molecular complexity index is 1440. The van der Waals surface area contributed by atoms with Crippen LogP contribution in [0.1, 0.15) is 76.6 Å². The van der Waals surface area contributed by atoms with Crippen LogP contribution in [0, 0.1) is 30.4 Å². The van der Waals surface area contributed by atoms with Gasteiger partial charge in [0.15, 0.2) is 0 Å². The molecule has 0 aliphatic rings. The third kappa shape index (κ3) is 10.0. The van der Waals surface area contributed by atoms with Crippen molar-refractivity contribution >= 4 is 11.8 Å². The number of hydrogen-bond donors (Lipinski definition) is 3. The summed E-state index contributed by atoms with van der Waals surface area (Å²) in [7, 11) is 0. The van der Waals surface area contributed by atoms with E-state index >= 15 is 0 Å². The van der Waals surface area contributed by atoms with Gasteiger partial charge in [0.05, 0.1) is 12.1 Å². The molecule has 0 bridgehead atoms. The first-order valence-corrected chi connectivity index (χ1v) is 14.7. The van der Waals surface area contributed by atoms with E-state index in [1.54, 1.807) is 30.0 Å². The lowest BCUT2D eigenvalue weighted by atomic mass is 9.97. The zero-order valence-electron chi connectivity index (χ0n) is 25.3. The number of nitrogens with zero attached hydrogens (tertiary/aromatic N) is 1. The molecule has 0 aliphatic carbocycles. The quantitative estimate of drug-likeness (QED) is 0.220. The Hall–Kier alpha value is -4.06. The number of aliphatic hydroxyl groups excluding tert-OH is 1. The highest BCUT2D eigenvalue weighted by Crippen LogP contribution is 2.21. The predicted molar refractivity (Wildman–Crippen MR) is 166 cm³/mol. The van der Waals surface area contributed by atoms with Crippen LogP contribution in [0.25, 0.3) is 0 Å². The minimum atomic E-state index is -1.07. The van der Waals surface area contributed by atoms with Gasteiger partial charge in [-0.05, 0) is 92.3 Å². The van der Waals surface area contributed by atoms with Gasteiger partial charge in [-0.25, -0.2) is 8.78 Å². The second kappa shape index (κ2) is 16.5. The molecule has 0 aromatic heterocycles. The van der Waals surface area contributed by atoms with E-state index in [-0.39, 0.29) is 24.8 Å². The summed E-state index contributed by atoms with van der Waals surface area (Å²) in [5.74, 6) is 3.80. The summed E-state index contributed by atoms with van der Waals surface area (Å²) in [6.07, 6.45) is 0.319. The van der Waals surface area contributed by atoms with Gasteiger partial charge in [0.25, 0.3) is 11.8 Å². The van der Waals surface area contributed by atoms with Crippen molar-refractivity contribution in [3.63, 3.8) is 0 Å². The van der Waals surface area contributed by atoms with Crippen LogP contribution in [-0.4, -0.2) is 53.6 Å². The highest BCUT2D eigenvalue weighted by atomic mass is 19.1. The zero-order chi connectivity index (χ0) is 31.4. The maximum absolute atomic E-state index is 14.1. The number of hydrogen-bond acceptors (Lipinski definition) is 4. The molecule has 0 fully saturated rings. The highest BCUT2D eigenvalue weighted by molar-refractivity contribution is 6.00. The summed E-state index contributed by atoms with van der Waals surface area (Å²) < 4.78 is 28.3. The number of amides is 2. The number of nitrogens with one attached hydrogen (secondary N) is 2. The molecule has 2 atom stereocenters. The van der Waals surface area contributed by atoms with Gasteiger partial charge in [-0.1, -0.05) is 31.9 Å². The van der Waals surface area contributed by atoms with Crippen LogP contribution >= 0.6 is 0 Å². The summed E-state index contributed by atoms with van der Waals surface area (Å²) in [5, 5.41) is 17.6. The second-order valence-electron chi connectivity index (χ2n) is 10.7. The van der Waals surface area contributed by atoms with Crippen LogP contribution in [0.2, 0.25) is 0 Å². The molecule has 3 N–H and O–H groups in total. The molecule has 43 heavy (non-hydrogen) atoms. The van der Waals surface area contributed by atoms with Gasteiger partial charge in [-0.15, -0.1) is 5.92 Å². The van der Waals surface area contributed by atoms with E-state index in [0.29, 0.717) is 42.7 Å². The van der Waals surface area contributed by atoms with E-state index < -0.39 is 23.8 Å². The van der Waals surface area contributed by atoms with E-state index in [9.17, 15) is 23.5 Å². The monoisotopic (exact) mass is 589 g/mol. The number of carbonyl (C=O) groups is 2. The van der Waals surface area contributed by atoms with Crippen LogP contribution < -0.4 is 10.6 Å². The summed E-state index contributed by atoms with van der Waals surface area (Å²) >= 11 is 0. The smallest absolute Gasteiger partial charge is 0.254 e. The summed E-state index contributed by atoms with van der Waals surface area (Å²) in [4.78, 5) is 28.3. The molecule has 2 amide bonds. The topological polar surface area (TPSA) is 81.7 Å². The van der Waals surface area contributed by atoms with Crippen molar-refractivity contribution < 1.29 is 23.5 Å². The van der Waals surface area contributed by atoms with Crippen molar-refractivity contribution in [2.24, 2.45) is 0 Å². The number of benzene rings is 3. The molecule has 0 aliphatic heterocycles. The van der Waals surface area contributed by atoms with Gasteiger partial charge in [0.2, 0.25) is 0 Å². The molecule has 0 spiro atoms. The van der Waals surface area contributed by atoms with Crippen molar-refractivity contribution in [3.05, 3.63) is 106 Å². The Morgan fingerprint density at radius 2 is 1.67 bits per heavy atom. The van der Waals surface area contributed by atoms with E-state index in [1.807, 2.05) is 45.0 Å². The Balaban J connectivity index is 1.91. The van der Waals surface area contributed by atoms with Gasteiger partial charge in [-0.2, -0.15) is 0 Å². The van der Waals surface area contributed by atoms with Crippen LogP contribution in [-0.2, 0) is 13.0 Å². The van der Waals surface area contributed by atoms with Crippen LogP contribution in [0.3, 0.4) is 0 Å². The molecule has 0 saturated carbocycles. The highest BCUT2D eigenvalue weighted by Gasteiger charge is 2.31. The van der Waals surface area contributed by atoms with Crippen LogP contribution in [0.4, 0.5) is 8.78 Å². The Kier molecular flexibility index (Phi) is 12.9. The standard InChI is InChI=1S/C35H41F2N3O3/c1-5-9-25-10-8-11-26(16-25)22-38-23-33(41)32(19-27-17-30(36)21-31(37)18-27)40(13-7-3)35(43)29-15-24(4)14-28(20-29)34(42)39-12-6-2/h8,10-11,14-18,20-21,32-33,38,41H,6-7,12-13,19,22-23H2,1-4H3,(H,39,42)/t32-,33+/m0/s1. The molecule has 3 aromatic rings. The Labute approximate surface area is 253 Å². The molecule has 8 heteroatoms. The zero-order valence-corrected chi connectivity index (χ0v) is 25.3. The average molecular weight is 590 g/mol. The van der Waals surface area contributed by atoms with E-state index in [0.717, 1.165) is 29.2 Å². The normalized spacial score (nSPS) is 12.2. The van der Waals surface area contributed by atoms with Crippen LogP contribution in [0.15, 0.2) is 60.7 Å². The molecule has 6 nitrogen and oxygen atoms in total. The third-order valence-corrected chi connectivity index (χ3v) is 6.94. The fraction of sp³-hybridized carbons (Fsp3) is 0.371. The maximum atomic E-state index is 14.1. The molecule has 228 valence electrons. The van der Waals surface area contributed by atoms with Crippen molar-refractivity contribution in [1.82, 2.24) is 15.5 Å². The molecule has 0 heterocycles. The lowest BCUT2D eigenvalue weighted by Gasteiger charge is -2.35. The molecular formula is C35H41F2N3O3. The fourth-order valence-corrected chi connectivity index (χ4v) is 5.03. The number of halogens is 2. The number of aryl methyl sites for hydroxylation is 1. The first-order chi connectivity index (χ1) is 20.6. The second-order valence-corrected chi connectivity index (χ2v) is 10.7. The molecule has 0 unspecified atom stereocenters. The van der Waals surface area contributed by atoms with E-state index in [2.05, 4.69) is 22.5 Å². The first-order valence-electron chi connectivity index (χ1n) is 14.7. The van der Waals surface area contributed by atoms with Gasteiger partial charge in [0.1, 0.15) is 11.6 Å². The average Bonchev–Trinajstić information content (AvgIpc) is 2.97. The molecule has 3 rings (SSSR count). The lowest BCUT2D eigenvalue weighted by molar-refractivity contribution is 0.0353. The minimum absolute atomic E-state index is 0.0283. The van der Waals surface area contributed by atoms with Crippen molar-refractivity contribution in [1.29, 1.82) is 0 Å².